The van der Waals surface area contributed by atoms with Crippen molar-refractivity contribution in [2.24, 2.45) is 0 Å². The van der Waals surface area contributed by atoms with E-state index in [-0.39, 0.29) is 5.78 Å². The number of H-pyrrole nitrogens is 1. The number of hydrogen-bond acceptors (Lipinski definition) is 4. The second kappa shape index (κ2) is 5.09. The number of ketones is 1. The maximum absolute atomic E-state index is 11.2. The molecule has 4 nitrogen and oxygen atoms in total. The highest BCUT2D eigenvalue weighted by atomic mass is 32.2. The van der Waals surface area contributed by atoms with Gasteiger partial charge in [-0.1, -0.05) is 11.8 Å². The summed E-state index contributed by atoms with van der Waals surface area (Å²) in [5.74, 6) is 1.04. The standard InChI is InChI=1S/C14H14N2O2S/c1-2-18-10-4-6-12-13(8-10)16-14(15-12)19-11-5-3-9(17)7-11/h4,6-8H,2-3,5H2,1H3,(H,15,16). The third-order valence-corrected chi connectivity index (χ3v) is 3.88. The molecule has 1 heterocycles. The van der Waals surface area contributed by atoms with Crippen LogP contribution in [-0.4, -0.2) is 22.4 Å². The number of ether oxygens (including phenoxy) is 1. The van der Waals surface area contributed by atoms with E-state index in [1.165, 1.54) is 11.8 Å². The lowest BCUT2D eigenvalue weighted by Crippen LogP contribution is -1.90. The molecule has 0 atom stereocenters. The van der Waals surface area contributed by atoms with Crippen molar-refractivity contribution in [1.29, 1.82) is 0 Å². The molecule has 5 heteroatoms. The Balaban J connectivity index is 1.85. The number of allylic oxidation sites excluding steroid dienone is 2. The van der Waals surface area contributed by atoms with E-state index in [2.05, 4.69) is 9.97 Å². The van der Waals surface area contributed by atoms with E-state index in [1.54, 1.807) is 6.08 Å². The summed E-state index contributed by atoms with van der Waals surface area (Å²) >= 11 is 1.53. The molecule has 98 valence electrons. The summed E-state index contributed by atoms with van der Waals surface area (Å²) in [7, 11) is 0. The highest BCUT2D eigenvalue weighted by Gasteiger charge is 2.14. The van der Waals surface area contributed by atoms with Gasteiger partial charge in [0.1, 0.15) is 5.75 Å². The van der Waals surface area contributed by atoms with Gasteiger partial charge in [-0.15, -0.1) is 0 Å². The molecule has 1 N–H and O–H groups in total. The molecule has 0 saturated carbocycles. The normalized spacial score (nSPS) is 15.0. The lowest BCUT2D eigenvalue weighted by molar-refractivity contribution is -0.114. The Morgan fingerprint density at radius 3 is 3.05 bits per heavy atom. The van der Waals surface area contributed by atoms with Gasteiger partial charge < -0.3 is 9.72 Å². The van der Waals surface area contributed by atoms with Crippen LogP contribution in [0.2, 0.25) is 0 Å². The number of benzene rings is 1. The Hall–Kier alpha value is -1.75. The minimum absolute atomic E-state index is 0.206. The Kier molecular flexibility index (Phi) is 3.29. The smallest absolute Gasteiger partial charge is 0.170 e. The molecule has 0 saturated heterocycles. The van der Waals surface area contributed by atoms with E-state index in [1.807, 2.05) is 25.1 Å². The first-order chi connectivity index (χ1) is 9.24. The van der Waals surface area contributed by atoms with Crippen molar-refractivity contribution < 1.29 is 9.53 Å². The van der Waals surface area contributed by atoms with E-state index in [9.17, 15) is 4.79 Å². The molecule has 0 fully saturated rings. The van der Waals surface area contributed by atoms with Crippen LogP contribution in [-0.2, 0) is 4.79 Å². The number of thioether (sulfide) groups is 1. The predicted octanol–water partition coefficient (Wildman–Crippen LogP) is 3.30. The van der Waals surface area contributed by atoms with Crippen molar-refractivity contribution in [3.05, 3.63) is 29.2 Å². The van der Waals surface area contributed by atoms with Gasteiger partial charge in [-0.25, -0.2) is 4.98 Å². The lowest BCUT2D eigenvalue weighted by Gasteiger charge is -2.00. The van der Waals surface area contributed by atoms with E-state index in [4.69, 9.17) is 4.74 Å². The fraction of sp³-hybridized carbons (Fsp3) is 0.286. The van der Waals surface area contributed by atoms with Crippen molar-refractivity contribution in [1.82, 2.24) is 9.97 Å². The molecular formula is C14H14N2O2S. The van der Waals surface area contributed by atoms with Gasteiger partial charge in [0, 0.05) is 12.5 Å². The molecule has 0 unspecified atom stereocenters. The van der Waals surface area contributed by atoms with Gasteiger partial charge in [0.15, 0.2) is 10.9 Å². The van der Waals surface area contributed by atoms with Crippen LogP contribution in [0.4, 0.5) is 0 Å². The fourth-order valence-corrected chi connectivity index (χ4v) is 2.99. The third-order valence-electron chi connectivity index (χ3n) is 2.91. The van der Waals surface area contributed by atoms with E-state index >= 15 is 0 Å². The average Bonchev–Trinajstić information content (AvgIpc) is 2.95. The number of aromatic nitrogens is 2. The van der Waals surface area contributed by atoms with Crippen molar-refractivity contribution in [3.8, 4) is 5.75 Å². The second-order valence-electron chi connectivity index (χ2n) is 4.33. The number of fused-ring (bicyclic) bond motifs is 1. The van der Waals surface area contributed by atoms with Crippen LogP contribution in [0.25, 0.3) is 11.0 Å². The fourth-order valence-electron chi connectivity index (χ4n) is 2.05. The van der Waals surface area contributed by atoms with E-state index in [0.717, 1.165) is 33.3 Å². The predicted molar refractivity (Wildman–Crippen MR) is 75.4 cm³/mol. The summed E-state index contributed by atoms with van der Waals surface area (Å²) in [6.45, 7) is 2.61. The summed E-state index contributed by atoms with van der Waals surface area (Å²) in [5.41, 5.74) is 1.87. The molecule has 1 aromatic heterocycles. The highest BCUT2D eigenvalue weighted by Crippen LogP contribution is 2.33. The molecular weight excluding hydrogens is 260 g/mol. The number of nitrogens with one attached hydrogen (secondary N) is 1. The zero-order valence-corrected chi connectivity index (χ0v) is 11.4. The number of imidazole rings is 1. The van der Waals surface area contributed by atoms with Crippen molar-refractivity contribution in [2.45, 2.75) is 24.9 Å². The Morgan fingerprint density at radius 2 is 2.32 bits per heavy atom. The minimum Gasteiger partial charge on any atom is -0.494 e. The average molecular weight is 274 g/mol. The van der Waals surface area contributed by atoms with Crippen LogP contribution in [0.3, 0.4) is 0 Å². The first-order valence-corrected chi connectivity index (χ1v) is 7.10. The number of hydrogen-bond donors (Lipinski definition) is 1. The van der Waals surface area contributed by atoms with Gasteiger partial charge in [0.25, 0.3) is 0 Å². The summed E-state index contributed by atoms with van der Waals surface area (Å²) in [4.78, 5) is 20.0. The van der Waals surface area contributed by atoms with Gasteiger partial charge in [0.05, 0.1) is 17.6 Å². The third kappa shape index (κ3) is 2.66. The zero-order chi connectivity index (χ0) is 13.2. The molecule has 3 rings (SSSR count). The van der Waals surface area contributed by atoms with E-state index < -0.39 is 0 Å². The molecule has 1 aliphatic rings. The summed E-state index contributed by atoms with van der Waals surface area (Å²) in [5, 5.41) is 0.824. The molecule has 0 aliphatic heterocycles. The largest absolute Gasteiger partial charge is 0.494 e. The van der Waals surface area contributed by atoms with Gasteiger partial charge in [-0.05, 0) is 36.5 Å². The number of nitrogens with zero attached hydrogens (tertiary/aromatic N) is 1. The molecule has 1 aliphatic carbocycles. The molecule has 0 amide bonds. The number of carbonyl (C=O) groups is 1. The number of rotatable bonds is 4. The van der Waals surface area contributed by atoms with Crippen LogP contribution in [0.1, 0.15) is 19.8 Å². The number of carbonyl (C=O) groups excluding carboxylic acids is 1. The summed E-state index contributed by atoms with van der Waals surface area (Å²) in [6, 6.07) is 5.80. The Morgan fingerprint density at radius 1 is 1.42 bits per heavy atom. The molecule has 19 heavy (non-hydrogen) atoms. The second-order valence-corrected chi connectivity index (χ2v) is 5.45. The van der Waals surface area contributed by atoms with Crippen LogP contribution in [0.5, 0.6) is 5.75 Å². The van der Waals surface area contributed by atoms with Gasteiger partial charge in [0.2, 0.25) is 0 Å². The molecule has 1 aromatic carbocycles. The highest BCUT2D eigenvalue weighted by molar-refractivity contribution is 8.03. The van der Waals surface area contributed by atoms with Crippen LogP contribution in [0.15, 0.2) is 34.3 Å². The van der Waals surface area contributed by atoms with Crippen molar-refractivity contribution in [3.63, 3.8) is 0 Å². The summed E-state index contributed by atoms with van der Waals surface area (Å²) in [6.07, 6.45) is 3.16. The topological polar surface area (TPSA) is 55.0 Å². The quantitative estimate of drug-likeness (QED) is 0.929. The van der Waals surface area contributed by atoms with Crippen molar-refractivity contribution in [2.75, 3.05) is 6.61 Å². The molecule has 0 spiro atoms. The lowest BCUT2D eigenvalue weighted by atomic mass is 10.3. The van der Waals surface area contributed by atoms with Gasteiger partial charge in [-0.2, -0.15) is 0 Å². The monoisotopic (exact) mass is 274 g/mol. The Labute approximate surface area is 115 Å². The van der Waals surface area contributed by atoms with E-state index in [0.29, 0.717) is 13.0 Å². The van der Waals surface area contributed by atoms with Crippen LogP contribution in [0, 0.1) is 0 Å². The first-order valence-electron chi connectivity index (χ1n) is 6.28. The van der Waals surface area contributed by atoms with Gasteiger partial charge in [-0.3, -0.25) is 4.79 Å². The SMILES string of the molecule is CCOc1ccc2nc(SC3=CC(=O)CC3)[nH]c2c1. The van der Waals surface area contributed by atoms with Gasteiger partial charge >= 0.3 is 0 Å². The summed E-state index contributed by atoms with van der Waals surface area (Å²) < 4.78 is 5.46. The molecule has 0 bridgehead atoms. The van der Waals surface area contributed by atoms with Crippen LogP contribution >= 0.6 is 11.8 Å². The maximum atomic E-state index is 11.2. The first kappa shape index (κ1) is 12.3. The minimum atomic E-state index is 0.206. The molecule has 2 aromatic rings. The zero-order valence-electron chi connectivity index (χ0n) is 10.6. The maximum Gasteiger partial charge on any atom is 0.170 e. The number of aromatic amines is 1. The van der Waals surface area contributed by atoms with Crippen LogP contribution < -0.4 is 4.74 Å². The molecule has 0 radical (unpaired) electrons. The van der Waals surface area contributed by atoms with Crippen molar-refractivity contribution >= 4 is 28.6 Å². The Bertz CT molecular complexity index is 661.